The number of hydrogen-bond acceptors (Lipinski definition) is 2. The molecule has 2 rings (SSSR count). The van der Waals surface area contributed by atoms with Crippen LogP contribution in [0.5, 0.6) is 5.75 Å². The van der Waals surface area contributed by atoms with E-state index >= 15 is 0 Å². The Bertz CT molecular complexity index is 653. The number of hydrogen-bond donors (Lipinski definition) is 1. The minimum Gasteiger partial charge on any atom is -0.480 e. The third kappa shape index (κ3) is 4.22. The molecule has 0 aliphatic rings. The summed E-state index contributed by atoms with van der Waals surface area (Å²) in [6.45, 7) is 5.99. The molecule has 1 N–H and O–H groups in total. The van der Waals surface area contributed by atoms with Gasteiger partial charge in [-0.25, -0.2) is 0 Å². The zero-order chi connectivity index (χ0) is 16.1. The highest BCUT2D eigenvalue weighted by atomic mass is 127. The number of ether oxygens (including phenoxy) is 1. The highest BCUT2D eigenvalue weighted by molar-refractivity contribution is 14.1. The predicted molar refractivity (Wildman–Crippen MR) is 98.4 cm³/mol. The molecule has 2 aromatic rings. The number of halogens is 1. The molecule has 1 atom stereocenters. The van der Waals surface area contributed by atoms with E-state index in [1.807, 2.05) is 63.2 Å². The third-order valence-corrected chi connectivity index (χ3v) is 4.32. The lowest BCUT2D eigenvalue weighted by atomic mass is 10.1. The van der Waals surface area contributed by atoms with Crippen molar-refractivity contribution in [2.24, 2.45) is 0 Å². The van der Waals surface area contributed by atoms with E-state index in [0.717, 1.165) is 26.1 Å². The molecule has 0 aromatic heterocycles. The second-order valence-electron chi connectivity index (χ2n) is 5.21. The first-order valence-corrected chi connectivity index (χ1v) is 8.38. The number of carbonyl (C=O) groups excluding carboxylic acids is 1. The molecule has 0 unspecified atom stereocenters. The molecule has 22 heavy (non-hydrogen) atoms. The van der Waals surface area contributed by atoms with Crippen molar-refractivity contribution in [1.29, 1.82) is 0 Å². The van der Waals surface area contributed by atoms with Crippen LogP contribution in [0.1, 0.15) is 24.5 Å². The van der Waals surface area contributed by atoms with Crippen molar-refractivity contribution in [2.75, 3.05) is 5.32 Å². The highest BCUT2D eigenvalue weighted by Crippen LogP contribution is 2.23. The maximum Gasteiger partial charge on any atom is 0.265 e. The summed E-state index contributed by atoms with van der Waals surface area (Å²) in [5.41, 5.74) is 3.02. The average molecular weight is 409 g/mol. The van der Waals surface area contributed by atoms with Crippen LogP contribution in [-0.4, -0.2) is 12.0 Å². The largest absolute Gasteiger partial charge is 0.480 e. The molecule has 2 aromatic carbocycles. The van der Waals surface area contributed by atoms with E-state index in [9.17, 15) is 4.79 Å². The summed E-state index contributed by atoms with van der Waals surface area (Å²) in [5, 5.41) is 2.91. The molecule has 0 saturated heterocycles. The molecule has 0 spiro atoms. The molecule has 4 heteroatoms. The number of rotatable bonds is 5. The molecule has 1 amide bonds. The predicted octanol–water partition coefficient (Wildman–Crippen LogP) is 4.70. The summed E-state index contributed by atoms with van der Waals surface area (Å²) >= 11 is 2.24. The fraction of sp³-hybridized carbons (Fsp3) is 0.278. The van der Waals surface area contributed by atoms with Gasteiger partial charge in [0, 0.05) is 9.26 Å². The zero-order valence-electron chi connectivity index (χ0n) is 13.0. The molecular formula is C18H20INO2. The molecule has 0 aliphatic heterocycles. The number of anilines is 1. The monoisotopic (exact) mass is 409 g/mol. The van der Waals surface area contributed by atoms with Gasteiger partial charge in [-0.3, -0.25) is 4.79 Å². The Kier molecular flexibility index (Phi) is 5.83. The Morgan fingerprint density at radius 1 is 1.18 bits per heavy atom. The van der Waals surface area contributed by atoms with Crippen LogP contribution in [0, 0.1) is 17.4 Å². The SMILES string of the molecule is CC[C@@H](Oc1cccc(C)c1C)C(=O)Nc1ccc(I)cc1. The summed E-state index contributed by atoms with van der Waals surface area (Å²) in [4.78, 5) is 12.4. The number of benzene rings is 2. The van der Waals surface area contributed by atoms with Crippen LogP contribution >= 0.6 is 22.6 Å². The molecule has 3 nitrogen and oxygen atoms in total. The molecular weight excluding hydrogens is 389 g/mol. The van der Waals surface area contributed by atoms with Crippen LogP contribution in [0.2, 0.25) is 0 Å². The van der Waals surface area contributed by atoms with Crippen LogP contribution in [0.4, 0.5) is 5.69 Å². The molecule has 116 valence electrons. The van der Waals surface area contributed by atoms with Gasteiger partial charge >= 0.3 is 0 Å². The van der Waals surface area contributed by atoms with Crippen molar-refractivity contribution in [3.8, 4) is 5.75 Å². The van der Waals surface area contributed by atoms with Crippen molar-refractivity contribution < 1.29 is 9.53 Å². The zero-order valence-corrected chi connectivity index (χ0v) is 15.2. The van der Waals surface area contributed by atoms with Gasteiger partial charge in [0.25, 0.3) is 5.91 Å². The molecule has 0 radical (unpaired) electrons. The first-order chi connectivity index (χ1) is 10.5. The Morgan fingerprint density at radius 2 is 1.86 bits per heavy atom. The van der Waals surface area contributed by atoms with Crippen molar-refractivity contribution in [3.63, 3.8) is 0 Å². The summed E-state index contributed by atoms with van der Waals surface area (Å²) < 4.78 is 7.05. The number of aryl methyl sites for hydroxylation is 1. The average Bonchev–Trinajstić information content (AvgIpc) is 2.51. The van der Waals surface area contributed by atoms with Crippen LogP contribution < -0.4 is 10.1 Å². The van der Waals surface area contributed by atoms with Gasteiger partial charge in [0.1, 0.15) is 5.75 Å². The van der Waals surface area contributed by atoms with Gasteiger partial charge in [0.05, 0.1) is 0 Å². The maximum absolute atomic E-state index is 12.4. The molecule has 0 bridgehead atoms. The van der Waals surface area contributed by atoms with Gasteiger partial charge in [0.2, 0.25) is 0 Å². The highest BCUT2D eigenvalue weighted by Gasteiger charge is 2.19. The number of carbonyl (C=O) groups is 1. The molecule has 0 aliphatic carbocycles. The van der Waals surface area contributed by atoms with E-state index in [2.05, 4.69) is 27.9 Å². The van der Waals surface area contributed by atoms with E-state index in [0.29, 0.717) is 6.42 Å². The second-order valence-corrected chi connectivity index (χ2v) is 6.45. The van der Waals surface area contributed by atoms with Crippen molar-refractivity contribution in [1.82, 2.24) is 0 Å². The Morgan fingerprint density at radius 3 is 2.50 bits per heavy atom. The van der Waals surface area contributed by atoms with Crippen LogP contribution in [0.25, 0.3) is 0 Å². The number of nitrogens with one attached hydrogen (secondary N) is 1. The fourth-order valence-electron chi connectivity index (χ4n) is 2.08. The van der Waals surface area contributed by atoms with Gasteiger partial charge in [0.15, 0.2) is 6.10 Å². The molecule has 0 saturated carbocycles. The van der Waals surface area contributed by atoms with E-state index in [1.165, 1.54) is 0 Å². The molecule has 0 fully saturated rings. The van der Waals surface area contributed by atoms with E-state index < -0.39 is 6.10 Å². The van der Waals surface area contributed by atoms with Crippen LogP contribution in [-0.2, 0) is 4.79 Å². The quantitative estimate of drug-likeness (QED) is 0.727. The Balaban J connectivity index is 2.09. The number of amides is 1. The van der Waals surface area contributed by atoms with Gasteiger partial charge in [-0.2, -0.15) is 0 Å². The maximum atomic E-state index is 12.4. The van der Waals surface area contributed by atoms with Gasteiger partial charge in [-0.1, -0.05) is 19.1 Å². The lowest BCUT2D eigenvalue weighted by Gasteiger charge is -2.19. The smallest absolute Gasteiger partial charge is 0.265 e. The lowest BCUT2D eigenvalue weighted by molar-refractivity contribution is -0.122. The van der Waals surface area contributed by atoms with Crippen LogP contribution in [0.15, 0.2) is 42.5 Å². The van der Waals surface area contributed by atoms with E-state index in [1.54, 1.807) is 0 Å². The summed E-state index contributed by atoms with van der Waals surface area (Å²) in [5.74, 6) is 0.647. The minimum absolute atomic E-state index is 0.121. The molecule has 0 heterocycles. The van der Waals surface area contributed by atoms with Gasteiger partial charge < -0.3 is 10.1 Å². The first-order valence-electron chi connectivity index (χ1n) is 7.30. The Hall–Kier alpha value is -1.56. The van der Waals surface area contributed by atoms with Crippen LogP contribution in [0.3, 0.4) is 0 Å². The first kappa shape index (κ1) is 16.8. The topological polar surface area (TPSA) is 38.3 Å². The third-order valence-electron chi connectivity index (χ3n) is 3.60. The van der Waals surface area contributed by atoms with Crippen molar-refractivity contribution in [2.45, 2.75) is 33.3 Å². The fourth-order valence-corrected chi connectivity index (χ4v) is 2.44. The van der Waals surface area contributed by atoms with E-state index in [-0.39, 0.29) is 5.91 Å². The summed E-state index contributed by atoms with van der Waals surface area (Å²) in [7, 11) is 0. The Labute approximate surface area is 145 Å². The standard InChI is InChI=1S/C18H20INO2/c1-4-16(22-17-7-5-6-12(2)13(17)3)18(21)20-15-10-8-14(19)9-11-15/h5-11,16H,4H2,1-3H3,(H,20,21)/t16-/m1/s1. The van der Waals surface area contributed by atoms with Gasteiger partial charge in [-0.05, 0) is 84.3 Å². The normalized spacial score (nSPS) is 11.8. The van der Waals surface area contributed by atoms with Crippen molar-refractivity contribution >= 4 is 34.2 Å². The van der Waals surface area contributed by atoms with Gasteiger partial charge in [-0.15, -0.1) is 0 Å². The van der Waals surface area contributed by atoms with E-state index in [4.69, 9.17) is 4.74 Å². The summed E-state index contributed by atoms with van der Waals surface area (Å²) in [6.07, 6.45) is 0.114. The minimum atomic E-state index is -0.500. The lowest BCUT2D eigenvalue weighted by Crippen LogP contribution is -2.32. The van der Waals surface area contributed by atoms with Crippen molar-refractivity contribution in [3.05, 3.63) is 57.2 Å². The summed E-state index contributed by atoms with van der Waals surface area (Å²) in [6, 6.07) is 13.6. The second kappa shape index (κ2) is 7.63.